The van der Waals surface area contributed by atoms with E-state index in [1.807, 2.05) is 0 Å². The van der Waals surface area contributed by atoms with Gasteiger partial charge in [0.15, 0.2) is 0 Å². The molecule has 0 saturated carbocycles. The third kappa shape index (κ3) is 16.8. The zero-order valence-corrected chi connectivity index (χ0v) is 7.93. The van der Waals surface area contributed by atoms with Crippen LogP contribution in [0.5, 0.6) is 0 Å². The molecule has 0 aliphatic heterocycles. The van der Waals surface area contributed by atoms with Gasteiger partial charge in [0, 0.05) is 6.61 Å². The molecule has 0 aromatic carbocycles. The summed E-state index contributed by atoms with van der Waals surface area (Å²) in [6, 6.07) is 0. The summed E-state index contributed by atoms with van der Waals surface area (Å²) >= 11 is 0. The van der Waals surface area contributed by atoms with E-state index >= 15 is 0 Å². The maximum atomic E-state index is 9.75. The van der Waals surface area contributed by atoms with Crippen LogP contribution in [-0.4, -0.2) is 41.8 Å². The second-order valence-electron chi connectivity index (χ2n) is 2.07. The molecule has 0 aliphatic carbocycles. The maximum Gasteiger partial charge on any atom is 0.505 e. The van der Waals surface area contributed by atoms with E-state index in [2.05, 4.69) is 9.47 Å². The fourth-order valence-corrected chi connectivity index (χ4v) is 0.387. The van der Waals surface area contributed by atoms with Gasteiger partial charge in [0.25, 0.3) is 6.16 Å². The Bertz CT molecular complexity index is 167. The first-order chi connectivity index (χ1) is 6.43. The van der Waals surface area contributed by atoms with Gasteiger partial charge in [0.1, 0.15) is 6.61 Å². The molecule has 0 aromatic rings. The van der Waals surface area contributed by atoms with Crippen molar-refractivity contribution in [1.82, 2.24) is 0 Å². The quantitative estimate of drug-likeness (QED) is 0.597. The van der Waals surface area contributed by atoms with Crippen molar-refractivity contribution in [2.24, 2.45) is 0 Å². The summed E-state index contributed by atoms with van der Waals surface area (Å²) in [5.41, 5.74) is 0. The van der Waals surface area contributed by atoms with E-state index in [9.17, 15) is 14.7 Å². The number of rotatable bonds is 3. The number of ether oxygens (including phenoxy) is 2. The fraction of sp³-hybridized carbons (Fsp3) is 0.714. The average Bonchev–Trinajstić information content (AvgIpc) is 2.01. The van der Waals surface area contributed by atoms with Crippen LogP contribution >= 0.6 is 0 Å². The lowest BCUT2D eigenvalue weighted by Crippen LogP contribution is -2.30. The lowest BCUT2D eigenvalue weighted by atomic mass is 10.4. The first-order valence-corrected chi connectivity index (χ1v) is 3.78. The zero-order valence-electron chi connectivity index (χ0n) is 7.93. The average molecular weight is 209 g/mol. The molecule has 0 spiro atoms. The molecule has 0 heterocycles. The van der Waals surface area contributed by atoms with Crippen LogP contribution in [0.4, 0.5) is 9.59 Å². The minimum absolute atomic E-state index is 0.250. The van der Waals surface area contributed by atoms with Gasteiger partial charge in [0.05, 0.1) is 6.10 Å². The highest BCUT2D eigenvalue weighted by Crippen LogP contribution is 1.91. The minimum Gasteiger partial charge on any atom is -0.543 e. The van der Waals surface area contributed by atoms with Gasteiger partial charge in [-0.15, -0.1) is 0 Å². The molecule has 1 unspecified atom stereocenters. The third-order valence-electron chi connectivity index (χ3n) is 0.739. The van der Waals surface area contributed by atoms with Crippen molar-refractivity contribution in [3.05, 3.63) is 0 Å². The molecule has 0 amide bonds. The Morgan fingerprint density at radius 3 is 2.21 bits per heavy atom. The lowest BCUT2D eigenvalue weighted by Gasteiger charge is -2.15. The van der Waals surface area contributed by atoms with Crippen molar-refractivity contribution in [3.8, 4) is 0 Å². The normalized spacial score (nSPS) is 10.5. The highest BCUT2D eigenvalue weighted by atomic mass is 16.7. The van der Waals surface area contributed by atoms with Crippen LogP contribution in [0.3, 0.4) is 0 Å². The Hall–Kier alpha value is -1.50. The molecule has 0 rings (SSSR count). The number of carboxylic acid groups (broad SMARTS) is 2. The van der Waals surface area contributed by atoms with Crippen molar-refractivity contribution in [2.45, 2.75) is 20.0 Å². The number of aliphatic hydroxyl groups excluding tert-OH is 1. The summed E-state index contributed by atoms with van der Waals surface area (Å²) < 4.78 is 8.02. The fourth-order valence-electron chi connectivity index (χ4n) is 0.387. The van der Waals surface area contributed by atoms with Crippen LogP contribution in [0.15, 0.2) is 0 Å². The Labute approximate surface area is 80.9 Å². The molecule has 0 aromatic heterocycles. The molecule has 14 heavy (non-hydrogen) atoms. The Balaban J connectivity index is 0. The van der Waals surface area contributed by atoms with E-state index in [4.69, 9.17) is 10.2 Å². The van der Waals surface area contributed by atoms with Crippen molar-refractivity contribution in [2.75, 3.05) is 13.2 Å². The molecule has 0 saturated heterocycles. The van der Waals surface area contributed by atoms with Crippen LogP contribution < -0.4 is 5.11 Å². The molecular weight excluding hydrogens is 196 g/mol. The molecule has 0 fully saturated rings. The predicted octanol–water partition coefficient (Wildman–Crippen LogP) is -0.572. The highest BCUT2D eigenvalue weighted by Gasteiger charge is 2.02. The minimum atomic E-state index is -1.70. The third-order valence-corrected chi connectivity index (χ3v) is 0.739. The molecule has 1 atom stereocenters. The Morgan fingerprint density at radius 1 is 1.50 bits per heavy atom. The van der Waals surface area contributed by atoms with Crippen LogP contribution in [0.2, 0.25) is 0 Å². The van der Waals surface area contributed by atoms with Gasteiger partial charge in [-0.1, -0.05) is 0 Å². The van der Waals surface area contributed by atoms with Gasteiger partial charge < -0.3 is 29.6 Å². The first-order valence-electron chi connectivity index (χ1n) is 3.78. The highest BCUT2D eigenvalue weighted by molar-refractivity contribution is 5.57. The second-order valence-corrected chi connectivity index (χ2v) is 2.07. The largest absolute Gasteiger partial charge is 0.543 e. The van der Waals surface area contributed by atoms with Gasteiger partial charge in [-0.05, 0) is 13.8 Å². The number of carbonyl (C=O) groups is 2. The van der Waals surface area contributed by atoms with E-state index in [1.54, 1.807) is 6.92 Å². The summed E-state index contributed by atoms with van der Waals surface area (Å²) in [6.45, 7) is 2.95. The monoisotopic (exact) mass is 209 g/mol. The summed E-state index contributed by atoms with van der Waals surface area (Å²) in [4.78, 5) is 19.5. The smallest absolute Gasteiger partial charge is 0.505 e. The molecule has 84 valence electrons. The molecule has 0 radical (unpaired) electrons. The van der Waals surface area contributed by atoms with E-state index < -0.39 is 18.4 Å². The van der Waals surface area contributed by atoms with Crippen molar-refractivity contribution >= 4 is 12.3 Å². The number of aliphatic hydroxyl groups is 1. The van der Waals surface area contributed by atoms with E-state index in [0.29, 0.717) is 0 Å². The predicted molar refractivity (Wildman–Crippen MR) is 42.7 cm³/mol. The molecule has 7 heteroatoms. The molecular formula is C7H13O7-. The topological polar surface area (TPSA) is 116 Å². The number of carbonyl (C=O) groups excluding carboxylic acids is 1. The van der Waals surface area contributed by atoms with E-state index in [0.717, 1.165) is 0 Å². The molecule has 2 N–H and O–H groups in total. The van der Waals surface area contributed by atoms with Crippen LogP contribution in [0, 0.1) is 0 Å². The van der Waals surface area contributed by atoms with Gasteiger partial charge in [-0.3, -0.25) is 0 Å². The lowest BCUT2D eigenvalue weighted by molar-refractivity contribution is -0.287. The summed E-state index contributed by atoms with van der Waals surface area (Å²) in [6.07, 6.45) is -4.01. The zero-order chi connectivity index (χ0) is 11.6. The Kier molecular flexibility index (Phi) is 10.3. The summed E-state index contributed by atoms with van der Waals surface area (Å²) in [5.74, 6) is 0. The number of hydrogen-bond donors (Lipinski definition) is 2. The van der Waals surface area contributed by atoms with Crippen molar-refractivity contribution in [3.63, 3.8) is 0 Å². The van der Waals surface area contributed by atoms with Crippen molar-refractivity contribution in [1.29, 1.82) is 0 Å². The van der Waals surface area contributed by atoms with Crippen LogP contribution in [0.1, 0.15) is 13.8 Å². The molecule has 7 nitrogen and oxygen atoms in total. The van der Waals surface area contributed by atoms with Gasteiger partial charge in [0.2, 0.25) is 0 Å². The first kappa shape index (κ1) is 15.0. The number of hydrogen-bond acceptors (Lipinski definition) is 6. The second kappa shape index (κ2) is 9.59. The Morgan fingerprint density at radius 2 is 1.93 bits per heavy atom. The maximum absolute atomic E-state index is 9.75. The van der Waals surface area contributed by atoms with Crippen LogP contribution in [-0.2, 0) is 9.47 Å². The van der Waals surface area contributed by atoms with Crippen molar-refractivity contribution < 1.29 is 34.4 Å². The van der Waals surface area contributed by atoms with Crippen LogP contribution in [0.25, 0.3) is 0 Å². The van der Waals surface area contributed by atoms with Gasteiger partial charge >= 0.3 is 6.16 Å². The van der Waals surface area contributed by atoms with E-state index in [1.165, 1.54) is 6.92 Å². The van der Waals surface area contributed by atoms with Gasteiger partial charge in [-0.25, -0.2) is 4.79 Å². The summed E-state index contributed by atoms with van der Waals surface area (Å²) in [7, 11) is 0. The SMILES string of the molecule is CC(COC(=O)O)OC(=O)[O-].CCO. The van der Waals surface area contributed by atoms with E-state index in [-0.39, 0.29) is 13.2 Å². The van der Waals surface area contributed by atoms with Gasteiger partial charge in [-0.2, -0.15) is 0 Å². The summed E-state index contributed by atoms with van der Waals surface area (Å²) in [5, 5.41) is 25.2. The standard InChI is InChI=1S/C5H8O6.C2H6O/c1-3(11-5(8)9)2-10-4(6)7;1-2-3/h3H,2H2,1H3,(H,6,7)(H,8,9);3H,2H2,1H3/p-1. The molecule has 0 bridgehead atoms. The molecule has 0 aliphatic rings.